The summed E-state index contributed by atoms with van der Waals surface area (Å²) in [6.07, 6.45) is -4.84. The molecule has 0 radical (unpaired) electrons. The number of fused-ring (bicyclic) bond motifs is 1. The first-order chi connectivity index (χ1) is 20.2. The average molecular weight is 620 g/mol. The number of anilines is 1. The minimum Gasteiger partial charge on any atom is -0.488 e. The van der Waals surface area contributed by atoms with E-state index in [1.807, 2.05) is 25.8 Å². The van der Waals surface area contributed by atoms with Gasteiger partial charge in [-0.15, -0.1) is 0 Å². The van der Waals surface area contributed by atoms with E-state index in [0.717, 1.165) is 17.7 Å². The third kappa shape index (κ3) is 7.87. The first-order valence-corrected chi connectivity index (χ1v) is 15.3. The molecule has 0 bridgehead atoms. The molecule has 1 aliphatic heterocycles. The number of carbonyl (C=O) groups excluding carboxylic acids is 1. The maximum absolute atomic E-state index is 13.7. The number of amides is 1. The van der Waals surface area contributed by atoms with Crippen LogP contribution in [0.15, 0.2) is 71.6 Å². The topological polar surface area (TPSA) is 99.2 Å². The molecule has 0 aliphatic carbocycles. The number of sulfonamides is 1. The van der Waals surface area contributed by atoms with Crippen molar-refractivity contribution in [2.75, 3.05) is 31.5 Å². The van der Waals surface area contributed by atoms with E-state index in [4.69, 9.17) is 4.74 Å². The minimum atomic E-state index is -4.41. The Balaban J connectivity index is 1.59. The van der Waals surface area contributed by atoms with Crippen molar-refractivity contribution in [2.45, 2.75) is 50.5 Å². The summed E-state index contributed by atoms with van der Waals surface area (Å²) in [5.41, 5.74) is 1.22. The van der Waals surface area contributed by atoms with E-state index in [1.54, 1.807) is 30.0 Å². The van der Waals surface area contributed by atoms with Crippen LogP contribution < -0.4 is 9.46 Å². The number of aliphatic hydroxyl groups is 1. The largest absolute Gasteiger partial charge is 0.488 e. The van der Waals surface area contributed by atoms with Gasteiger partial charge in [-0.1, -0.05) is 36.8 Å². The molecule has 1 aliphatic rings. The van der Waals surface area contributed by atoms with Crippen LogP contribution in [0.5, 0.6) is 5.75 Å². The van der Waals surface area contributed by atoms with E-state index in [1.165, 1.54) is 36.4 Å². The number of aliphatic hydroxyl groups excluding tert-OH is 1. The molecule has 4 rings (SSSR count). The van der Waals surface area contributed by atoms with Gasteiger partial charge in [0.1, 0.15) is 11.9 Å². The van der Waals surface area contributed by atoms with Crippen molar-refractivity contribution in [2.24, 2.45) is 5.92 Å². The Morgan fingerprint density at radius 1 is 1.09 bits per heavy atom. The van der Waals surface area contributed by atoms with Crippen LogP contribution in [0, 0.1) is 12.8 Å². The number of ether oxygens (including phenoxy) is 1. The first kappa shape index (κ1) is 32.3. The van der Waals surface area contributed by atoms with Crippen molar-refractivity contribution >= 4 is 21.6 Å². The SMILES string of the molecule is Cc1ccc(S(=O)(=O)Nc2ccc3c(c2)C(=O)N([C@H](C)CO)C[C@H](C)[C@@H](CN(C)Cc2ccc(C(F)(F)F)cc2)O3)cc1. The fourth-order valence-corrected chi connectivity index (χ4v) is 5.97. The zero-order valence-electron chi connectivity index (χ0n) is 24.4. The highest BCUT2D eigenvalue weighted by Gasteiger charge is 2.34. The molecule has 0 fully saturated rings. The van der Waals surface area contributed by atoms with Gasteiger partial charge in [-0.25, -0.2) is 8.42 Å². The van der Waals surface area contributed by atoms with Crippen LogP contribution in [0.25, 0.3) is 0 Å². The van der Waals surface area contributed by atoms with Crippen molar-refractivity contribution in [1.82, 2.24) is 9.80 Å². The van der Waals surface area contributed by atoms with Gasteiger partial charge in [-0.05, 0) is 68.9 Å². The van der Waals surface area contributed by atoms with Crippen LogP contribution in [-0.4, -0.2) is 68.1 Å². The van der Waals surface area contributed by atoms with Gasteiger partial charge in [-0.3, -0.25) is 14.4 Å². The molecule has 8 nitrogen and oxygen atoms in total. The van der Waals surface area contributed by atoms with Gasteiger partial charge >= 0.3 is 6.18 Å². The van der Waals surface area contributed by atoms with Crippen molar-refractivity contribution in [3.05, 3.63) is 89.0 Å². The number of rotatable bonds is 9. The zero-order chi connectivity index (χ0) is 31.5. The van der Waals surface area contributed by atoms with E-state index >= 15 is 0 Å². The Morgan fingerprint density at radius 3 is 2.35 bits per heavy atom. The summed E-state index contributed by atoms with van der Waals surface area (Å²) < 4.78 is 73.8. The van der Waals surface area contributed by atoms with Gasteiger partial charge in [0.05, 0.1) is 28.7 Å². The lowest BCUT2D eigenvalue weighted by Crippen LogP contribution is -2.49. The maximum Gasteiger partial charge on any atom is 0.416 e. The van der Waals surface area contributed by atoms with Gasteiger partial charge in [0.25, 0.3) is 15.9 Å². The van der Waals surface area contributed by atoms with Crippen molar-refractivity contribution in [3.63, 3.8) is 0 Å². The van der Waals surface area contributed by atoms with Gasteiger partial charge in [-0.2, -0.15) is 13.2 Å². The Hall–Kier alpha value is -3.61. The number of likely N-dealkylation sites (N-methyl/N-ethyl adjacent to an activating group) is 1. The number of halogens is 3. The predicted octanol–water partition coefficient (Wildman–Crippen LogP) is 5.17. The smallest absolute Gasteiger partial charge is 0.416 e. The summed E-state index contributed by atoms with van der Waals surface area (Å²) >= 11 is 0. The molecule has 0 aromatic heterocycles. The summed E-state index contributed by atoms with van der Waals surface area (Å²) in [4.78, 5) is 17.2. The maximum atomic E-state index is 13.7. The number of nitrogens with one attached hydrogen (secondary N) is 1. The Kier molecular flexibility index (Phi) is 9.73. The molecule has 232 valence electrons. The van der Waals surface area contributed by atoms with E-state index in [9.17, 15) is 31.5 Å². The number of carbonyl (C=O) groups is 1. The molecule has 0 saturated carbocycles. The molecule has 12 heteroatoms. The first-order valence-electron chi connectivity index (χ1n) is 13.8. The lowest BCUT2D eigenvalue weighted by molar-refractivity contribution is -0.137. The number of hydrogen-bond acceptors (Lipinski definition) is 6. The minimum absolute atomic E-state index is 0.0768. The molecule has 3 aromatic carbocycles. The predicted molar refractivity (Wildman–Crippen MR) is 157 cm³/mol. The van der Waals surface area contributed by atoms with E-state index in [2.05, 4.69) is 4.72 Å². The molecular weight excluding hydrogens is 583 g/mol. The fraction of sp³-hybridized carbons (Fsp3) is 0.387. The van der Waals surface area contributed by atoms with E-state index in [0.29, 0.717) is 18.7 Å². The zero-order valence-corrected chi connectivity index (χ0v) is 25.2. The number of hydrogen-bond donors (Lipinski definition) is 2. The lowest BCUT2D eigenvalue weighted by atomic mass is 9.99. The van der Waals surface area contributed by atoms with Crippen molar-refractivity contribution in [3.8, 4) is 5.75 Å². The third-order valence-corrected chi connectivity index (χ3v) is 8.87. The second kappa shape index (κ2) is 12.9. The highest BCUT2D eigenvalue weighted by atomic mass is 32.2. The second-order valence-corrected chi connectivity index (χ2v) is 12.8. The fourth-order valence-electron chi connectivity index (χ4n) is 4.92. The molecule has 3 atom stereocenters. The van der Waals surface area contributed by atoms with Gasteiger partial charge in [0.15, 0.2) is 0 Å². The Bertz CT molecular complexity index is 1530. The summed E-state index contributed by atoms with van der Waals surface area (Å²) in [5, 5.41) is 9.90. The highest BCUT2D eigenvalue weighted by Crippen LogP contribution is 2.32. The van der Waals surface area contributed by atoms with Crippen LogP contribution in [0.2, 0.25) is 0 Å². The van der Waals surface area contributed by atoms with E-state index in [-0.39, 0.29) is 41.0 Å². The van der Waals surface area contributed by atoms with Crippen molar-refractivity contribution < 1.29 is 36.2 Å². The third-order valence-electron chi connectivity index (χ3n) is 7.47. The van der Waals surface area contributed by atoms with E-state index < -0.39 is 39.8 Å². The molecule has 43 heavy (non-hydrogen) atoms. The molecule has 0 unspecified atom stereocenters. The Morgan fingerprint density at radius 2 is 1.74 bits per heavy atom. The molecule has 0 saturated heterocycles. The number of aryl methyl sites for hydroxylation is 1. The summed E-state index contributed by atoms with van der Waals surface area (Å²) in [6.45, 7) is 6.25. The van der Waals surface area contributed by atoms with Crippen LogP contribution in [0.1, 0.15) is 40.9 Å². The normalized spacial score (nSPS) is 18.4. The Labute approximate surface area is 250 Å². The summed E-state index contributed by atoms with van der Waals surface area (Å²) in [6, 6.07) is 15.4. The molecular formula is C31H36F3N3O5S. The van der Waals surface area contributed by atoms with Crippen LogP contribution in [0.3, 0.4) is 0 Å². The van der Waals surface area contributed by atoms with Gasteiger partial charge in [0.2, 0.25) is 0 Å². The second-order valence-electron chi connectivity index (χ2n) is 11.1. The molecule has 1 heterocycles. The molecule has 3 aromatic rings. The number of alkyl halides is 3. The van der Waals surface area contributed by atoms with Crippen molar-refractivity contribution in [1.29, 1.82) is 0 Å². The van der Waals surface area contributed by atoms with Gasteiger partial charge < -0.3 is 14.7 Å². The molecule has 1 amide bonds. The number of nitrogens with zero attached hydrogens (tertiary/aromatic N) is 2. The summed E-state index contributed by atoms with van der Waals surface area (Å²) in [5.74, 6) is -0.324. The van der Waals surface area contributed by atoms with Gasteiger partial charge in [0, 0.05) is 31.2 Å². The molecule has 0 spiro atoms. The monoisotopic (exact) mass is 619 g/mol. The number of benzene rings is 3. The van der Waals surface area contributed by atoms with Crippen LogP contribution in [0.4, 0.5) is 18.9 Å². The molecule has 2 N–H and O–H groups in total. The lowest BCUT2D eigenvalue weighted by Gasteiger charge is -2.38. The standard InChI is InChI=1S/C31H36F3N3O5S/c1-20-5-12-26(13-6-20)43(40,41)35-25-11-14-28-27(15-25)30(39)37(22(3)19-38)16-21(2)29(42-28)18-36(4)17-23-7-9-24(10-8-23)31(32,33)34/h5-15,21-22,29,35,38H,16-19H2,1-4H3/t21-,22+,29+/m0/s1. The summed E-state index contributed by atoms with van der Waals surface area (Å²) in [7, 11) is -2.10. The average Bonchev–Trinajstić information content (AvgIpc) is 2.94. The quantitative estimate of drug-likeness (QED) is 0.343. The van der Waals surface area contributed by atoms with Crippen LogP contribution >= 0.6 is 0 Å². The van der Waals surface area contributed by atoms with Crippen LogP contribution in [-0.2, 0) is 22.7 Å². The highest BCUT2D eigenvalue weighted by molar-refractivity contribution is 7.92.